The second-order valence-electron chi connectivity index (χ2n) is 5.54. The number of aromatic nitrogens is 4. The average molecular weight is 355 g/mol. The zero-order chi connectivity index (χ0) is 17.4. The van der Waals surface area contributed by atoms with Crippen LogP contribution >= 0.6 is 11.6 Å². The molecule has 0 aliphatic carbocycles. The summed E-state index contributed by atoms with van der Waals surface area (Å²) in [5.74, 6) is 0.113. The lowest BCUT2D eigenvalue weighted by atomic mass is 10.2. The monoisotopic (exact) mass is 354 g/mol. The Morgan fingerprint density at radius 2 is 2.00 bits per heavy atom. The number of fused-ring (bicyclic) bond motifs is 1. The normalized spacial score (nSPS) is 11.1. The molecule has 0 bridgehead atoms. The van der Waals surface area contributed by atoms with Crippen LogP contribution in [0.4, 0.5) is 4.39 Å². The van der Waals surface area contributed by atoms with Gasteiger partial charge in [-0.1, -0.05) is 23.7 Å². The first-order valence-corrected chi connectivity index (χ1v) is 7.94. The predicted molar refractivity (Wildman–Crippen MR) is 92.8 cm³/mol. The summed E-state index contributed by atoms with van der Waals surface area (Å²) in [7, 11) is 0. The van der Waals surface area contributed by atoms with Crippen LogP contribution in [0.5, 0.6) is 0 Å². The molecule has 0 amide bonds. The standard InChI is InChI=1S/C18H12ClFN4O/c19-16-7-6-12(10-21-16)11-23-8-2-5-15-17(23)22-18(25)24(15)14-4-1-3-13(20)9-14/h1-10H,11H2. The number of rotatable bonds is 3. The van der Waals surface area contributed by atoms with E-state index in [0.717, 1.165) is 5.56 Å². The van der Waals surface area contributed by atoms with Gasteiger partial charge in [0.25, 0.3) is 0 Å². The largest absolute Gasteiger partial charge is 0.354 e. The Kier molecular flexibility index (Phi) is 3.82. The number of nitrogens with zero attached hydrogens (tertiary/aromatic N) is 4. The molecule has 0 spiro atoms. The van der Waals surface area contributed by atoms with E-state index in [-0.39, 0.29) is 0 Å². The molecule has 0 atom stereocenters. The van der Waals surface area contributed by atoms with Crippen LogP contribution in [-0.2, 0) is 6.54 Å². The first-order valence-electron chi connectivity index (χ1n) is 7.56. The number of imidazole rings is 1. The third-order valence-electron chi connectivity index (χ3n) is 3.86. The molecule has 0 saturated heterocycles. The first kappa shape index (κ1) is 15.5. The highest BCUT2D eigenvalue weighted by Gasteiger charge is 2.18. The van der Waals surface area contributed by atoms with Gasteiger partial charge in [0.1, 0.15) is 11.0 Å². The van der Waals surface area contributed by atoms with Crippen molar-refractivity contribution in [3.63, 3.8) is 0 Å². The van der Waals surface area contributed by atoms with E-state index in [1.807, 2.05) is 22.9 Å². The van der Waals surface area contributed by atoms with Crippen molar-refractivity contribution in [3.8, 4) is 17.2 Å². The molecular weight excluding hydrogens is 343 g/mol. The van der Waals surface area contributed by atoms with E-state index in [9.17, 15) is 9.18 Å². The molecule has 5 nitrogen and oxygen atoms in total. The third kappa shape index (κ3) is 2.92. The van der Waals surface area contributed by atoms with E-state index in [4.69, 9.17) is 11.6 Å². The molecular formula is C18H12ClFN4O. The van der Waals surface area contributed by atoms with Crippen molar-refractivity contribution in [3.05, 3.63) is 87.9 Å². The zero-order valence-electron chi connectivity index (χ0n) is 12.9. The van der Waals surface area contributed by atoms with E-state index in [0.29, 0.717) is 28.9 Å². The van der Waals surface area contributed by atoms with Gasteiger partial charge in [0.15, 0.2) is 5.82 Å². The van der Waals surface area contributed by atoms with Crippen molar-refractivity contribution in [2.24, 2.45) is 0 Å². The van der Waals surface area contributed by atoms with E-state index in [1.165, 1.54) is 16.7 Å². The van der Waals surface area contributed by atoms with Crippen LogP contribution in [-0.4, -0.2) is 19.1 Å². The van der Waals surface area contributed by atoms with Crippen molar-refractivity contribution in [1.82, 2.24) is 19.1 Å². The number of halogens is 2. The van der Waals surface area contributed by atoms with Gasteiger partial charge in [-0.3, -0.25) is 4.57 Å². The van der Waals surface area contributed by atoms with Gasteiger partial charge in [0, 0.05) is 12.4 Å². The van der Waals surface area contributed by atoms with Crippen LogP contribution in [0.25, 0.3) is 17.2 Å². The molecule has 1 aromatic carbocycles. The van der Waals surface area contributed by atoms with Crippen molar-refractivity contribution in [2.45, 2.75) is 6.54 Å². The van der Waals surface area contributed by atoms with Crippen LogP contribution in [0.2, 0.25) is 5.15 Å². The molecule has 2 aromatic rings. The maximum atomic E-state index is 13.5. The zero-order valence-corrected chi connectivity index (χ0v) is 13.7. The van der Waals surface area contributed by atoms with E-state index >= 15 is 0 Å². The Labute approximate surface area is 147 Å². The number of pyridine rings is 2. The third-order valence-corrected chi connectivity index (χ3v) is 4.09. The summed E-state index contributed by atoms with van der Waals surface area (Å²) >= 11 is 5.81. The molecule has 2 aliphatic rings. The fraction of sp³-hybridized carbons (Fsp3) is 0.0556. The highest BCUT2D eigenvalue weighted by molar-refractivity contribution is 6.29. The number of hydrogen-bond acceptors (Lipinski definition) is 3. The van der Waals surface area contributed by atoms with Crippen molar-refractivity contribution >= 4 is 11.6 Å². The summed E-state index contributed by atoms with van der Waals surface area (Å²) in [6.45, 7) is 0.487. The Hall–Kier alpha value is -2.99. The summed E-state index contributed by atoms with van der Waals surface area (Å²) < 4.78 is 16.8. The van der Waals surface area contributed by atoms with Crippen LogP contribution in [0, 0.1) is 5.82 Å². The molecule has 25 heavy (non-hydrogen) atoms. The minimum absolute atomic E-state index is 0.408. The molecule has 124 valence electrons. The van der Waals surface area contributed by atoms with Crippen LogP contribution in [0.1, 0.15) is 5.56 Å². The van der Waals surface area contributed by atoms with Crippen LogP contribution in [0.15, 0.2) is 65.7 Å². The van der Waals surface area contributed by atoms with Gasteiger partial charge in [0.2, 0.25) is 0 Å². The molecule has 0 fully saturated rings. The maximum absolute atomic E-state index is 13.5. The summed E-state index contributed by atoms with van der Waals surface area (Å²) in [5, 5.41) is 0.421. The molecule has 0 radical (unpaired) electrons. The Balaban J connectivity index is 1.79. The van der Waals surface area contributed by atoms with E-state index < -0.39 is 11.5 Å². The molecule has 7 heteroatoms. The van der Waals surface area contributed by atoms with Crippen LogP contribution < -0.4 is 5.69 Å². The van der Waals surface area contributed by atoms with Crippen molar-refractivity contribution in [2.75, 3.05) is 0 Å². The minimum Gasteiger partial charge on any atom is -0.327 e. The fourth-order valence-corrected chi connectivity index (χ4v) is 2.87. The maximum Gasteiger partial charge on any atom is 0.354 e. The second kappa shape index (κ2) is 6.14. The predicted octanol–water partition coefficient (Wildman–Crippen LogP) is 3.37. The second-order valence-corrected chi connectivity index (χ2v) is 5.93. The minimum atomic E-state index is -0.449. The Bertz CT molecular complexity index is 1070. The van der Waals surface area contributed by atoms with Gasteiger partial charge in [-0.05, 0) is 42.0 Å². The SMILES string of the molecule is O=c1nc2n(Cc3ccc(Cl)nc3)cccc-2n1-c1cccc(F)c1. The quantitative estimate of drug-likeness (QED) is 0.530. The summed E-state index contributed by atoms with van der Waals surface area (Å²) in [6, 6.07) is 13.1. The Morgan fingerprint density at radius 3 is 2.76 bits per heavy atom. The fourth-order valence-electron chi connectivity index (χ4n) is 2.76. The van der Waals surface area contributed by atoms with Gasteiger partial charge >= 0.3 is 5.69 Å². The highest BCUT2D eigenvalue weighted by Crippen LogP contribution is 2.22. The number of benzene rings is 1. The van der Waals surface area contributed by atoms with Gasteiger partial charge in [-0.2, -0.15) is 4.98 Å². The van der Waals surface area contributed by atoms with E-state index in [1.54, 1.807) is 30.5 Å². The Morgan fingerprint density at radius 1 is 1.12 bits per heavy atom. The topological polar surface area (TPSA) is 52.7 Å². The van der Waals surface area contributed by atoms with Gasteiger partial charge in [-0.25, -0.2) is 14.2 Å². The van der Waals surface area contributed by atoms with E-state index in [2.05, 4.69) is 9.97 Å². The molecule has 4 rings (SSSR count). The summed E-state index contributed by atoms with van der Waals surface area (Å²) in [6.07, 6.45) is 3.51. The smallest absolute Gasteiger partial charge is 0.327 e. The lowest BCUT2D eigenvalue weighted by Crippen LogP contribution is -2.14. The van der Waals surface area contributed by atoms with Crippen molar-refractivity contribution < 1.29 is 4.39 Å². The summed E-state index contributed by atoms with van der Waals surface area (Å²) in [4.78, 5) is 20.6. The summed E-state index contributed by atoms with van der Waals surface area (Å²) in [5.41, 5.74) is 1.53. The van der Waals surface area contributed by atoms with Crippen LogP contribution in [0.3, 0.4) is 0 Å². The van der Waals surface area contributed by atoms with Crippen molar-refractivity contribution in [1.29, 1.82) is 0 Å². The van der Waals surface area contributed by atoms with Gasteiger partial charge < -0.3 is 4.57 Å². The number of hydrogen-bond donors (Lipinski definition) is 0. The molecule has 3 heterocycles. The average Bonchev–Trinajstić information content (AvgIpc) is 2.94. The lowest BCUT2D eigenvalue weighted by Gasteiger charge is -2.12. The molecule has 1 aromatic heterocycles. The molecule has 0 N–H and O–H groups in total. The lowest BCUT2D eigenvalue weighted by molar-refractivity contribution is 0.626. The molecule has 0 saturated carbocycles. The highest BCUT2D eigenvalue weighted by atomic mass is 35.5. The molecule has 0 unspecified atom stereocenters. The molecule has 2 aliphatic heterocycles. The first-order chi connectivity index (χ1) is 12.1. The van der Waals surface area contributed by atoms with Gasteiger partial charge in [-0.15, -0.1) is 0 Å². The van der Waals surface area contributed by atoms with Gasteiger partial charge in [0.05, 0.1) is 17.9 Å².